The average Bonchev–Trinajstić information content (AvgIpc) is 2.39. The lowest BCUT2D eigenvalue weighted by atomic mass is 10.2. The number of aliphatic hydroxyl groups excluding tert-OH is 1. The molecule has 1 aromatic heterocycles. The van der Waals surface area contributed by atoms with Crippen molar-refractivity contribution in [3.63, 3.8) is 0 Å². The fourth-order valence-electron chi connectivity index (χ4n) is 2.47. The largest absolute Gasteiger partial charge is 0.392 e. The van der Waals surface area contributed by atoms with Gasteiger partial charge < -0.3 is 10.0 Å². The van der Waals surface area contributed by atoms with Gasteiger partial charge in [-0.3, -0.25) is 4.90 Å². The summed E-state index contributed by atoms with van der Waals surface area (Å²) in [7, 11) is 0. The molecule has 1 aromatic rings. The van der Waals surface area contributed by atoms with Crippen LogP contribution in [-0.2, 0) is 6.61 Å². The molecule has 1 aliphatic rings. The van der Waals surface area contributed by atoms with Crippen LogP contribution < -0.4 is 4.90 Å². The number of rotatable bonds is 4. The maximum atomic E-state index is 14.1. The van der Waals surface area contributed by atoms with Crippen molar-refractivity contribution in [1.82, 2.24) is 9.88 Å². The first-order valence-corrected chi connectivity index (χ1v) is 6.83. The van der Waals surface area contributed by atoms with Crippen LogP contribution in [0.2, 0.25) is 0 Å². The first-order valence-electron chi connectivity index (χ1n) is 6.83. The van der Waals surface area contributed by atoms with Gasteiger partial charge in [0.2, 0.25) is 0 Å². The average molecular weight is 267 g/mol. The summed E-state index contributed by atoms with van der Waals surface area (Å²) >= 11 is 0. The summed E-state index contributed by atoms with van der Waals surface area (Å²) in [5.41, 5.74) is 0.314. The monoisotopic (exact) mass is 267 g/mol. The highest BCUT2D eigenvalue weighted by molar-refractivity contribution is 5.43. The molecule has 0 saturated carbocycles. The maximum Gasteiger partial charge on any atom is 0.171 e. The molecule has 106 valence electrons. The number of anilines is 1. The molecule has 0 unspecified atom stereocenters. The number of aromatic nitrogens is 1. The highest BCUT2D eigenvalue weighted by Gasteiger charge is 2.21. The molecule has 0 aromatic carbocycles. The van der Waals surface area contributed by atoms with E-state index >= 15 is 0 Å². The third-order valence-corrected chi connectivity index (χ3v) is 3.42. The smallest absolute Gasteiger partial charge is 0.171 e. The molecule has 2 heterocycles. The Balaban J connectivity index is 2.01. The van der Waals surface area contributed by atoms with Crippen molar-refractivity contribution >= 4 is 5.82 Å². The van der Waals surface area contributed by atoms with E-state index in [-0.39, 0.29) is 12.4 Å². The molecular weight excluding hydrogens is 245 g/mol. The lowest BCUT2D eigenvalue weighted by molar-refractivity contribution is 0.230. The van der Waals surface area contributed by atoms with E-state index in [1.807, 2.05) is 4.90 Å². The number of hydrogen-bond donors (Lipinski definition) is 1. The van der Waals surface area contributed by atoms with Gasteiger partial charge in [-0.1, -0.05) is 13.8 Å². The van der Waals surface area contributed by atoms with Crippen molar-refractivity contribution in [3.8, 4) is 0 Å². The van der Waals surface area contributed by atoms with Crippen LogP contribution in [0.5, 0.6) is 0 Å². The Labute approximate surface area is 113 Å². The van der Waals surface area contributed by atoms with Crippen LogP contribution in [0.1, 0.15) is 19.4 Å². The zero-order valence-corrected chi connectivity index (χ0v) is 11.6. The van der Waals surface area contributed by atoms with Crippen molar-refractivity contribution in [1.29, 1.82) is 0 Å². The molecule has 5 heteroatoms. The van der Waals surface area contributed by atoms with Gasteiger partial charge in [0.15, 0.2) is 11.6 Å². The fraction of sp³-hybridized carbons (Fsp3) is 0.643. The van der Waals surface area contributed by atoms with Crippen LogP contribution in [0.4, 0.5) is 10.2 Å². The molecule has 1 N–H and O–H groups in total. The second-order valence-corrected chi connectivity index (χ2v) is 5.45. The Bertz CT molecular complexity index is 417. The number of pyridine rings is 1. The van der Waals surface area contributed by atoms with Crippen LogP contribution in [0.3, 0.4) is 0 Å². The fourth-order valence-corrected chi connectivity index (χ4v) is 2.47. The Morgan fingerprint density at radius 2 is 2.00 bits per heavy atom. The molecule has 19 heavy (non-hydrogen) atoms. The molecule has 0 radical (unpaired) electrons. The van der Waals surface area contributed by atoms with E-state index in [0.29, 0.717) is 17.3 Å². The summed E-state index contributed by atoms with van der Waals surface area (Å²) in [4.78, 5) is 8.48. The standard InChI is InChI=1S/C14H22FN3O/c1-11(2)9-17-5-7-18(8-6-17)14-13(15)12(10-19)3-4-16-14/h3-4,11,19H,5-10H2,1-2H3. The normalized spacial score (nSPS) is 17.2. The van der Waals surface area contributed by atoms with E-state index in [0.717, 1.165) is 32.7 Å². The quantitative estimate of drug-likeness (QED) is 0.897. The van der Waals surface area contributed by atoms with Crippen LogP contribution >= 0.6 is 0 Å². The second kappa shape index (κ2) is 6.30. The Morgan fingerprint density at radius 3 is 2.58 bits per heavy atom. The Kier molecular flexibility index (Phi) is 4.71. The van der Waals surface area contributed by atoms with Gasteiger partial charge in [-0.25, -0.2) is 9.37 Å². The van der Waals surface area contributed by atoms with E-state index in [1.54, 1.807) is 6.20 Å². The van der Waals surface area contributed by atoms with Gasteiger partial charge in [0.1, 0.15) is 0 Å². The number of aliphatic hydroxyl groups is 1. The van der Waals surface area contributed by atoms with E-state index < -0.39 is 0 Å². The topological polar surface area (TPSA) is 39.6 Å². The molecule has 0 amide bonds. The van der Waals surface area contributed by atoms with Gasteiger partial charge in [0, 0.05) is 44.5 Å². The predicted octanol–water partition coefficient (Wildman–Crippen LogP) is 1.49. The van der Waals surface area contributed by atoms with Gasteiger partial charge in [0.05, 0.1) is 6.61 Å². The summed E-state index contributed by atoms with van der Waals surface area (Å²) in [6, 6.07) is 1.52. The summed E-state index contributed by atoms with van der Waals surface area (Å²) in [5.74, 6) is 0.636. The maximum absolute atomic E-state index is 14.1. The SMILES string of the molecule is CC(C)CN1CCN(c2nccc(CO)c2F)CC1. The number of halogens is 1. The van der Waals surface area contributed by atoms with Crippen molar-refractivity contribution in [2.75, 3.05) is 37.6 Å². The molecule has 4 nitrogen and oxygen atoms in total. The van der Waals surface area contributed by atoms with Crippen molar-refractivity contribution < 1.29 is 9.50 Å². The van der Waals surface area contributed by atoms with Gasteiger partial charge in [-0.05, 0) is 12.0 Å². The minimum Gasteiger partial charge on any atom is -0.392 e. The van der Waals surface area contributed by atoms with Crippen molar-refractivity contribution in [2.45, 2.75) is 20.5 Å². The summed E-state index contributed by atoms with van der Waals surface area (Å²) < 4.78 is 14.1. The summed E-state index contributed by atoms with van der Waals surface area (Å²) in [6.45, 7) is 8.65. The molecule has 0 aliphatic carbocycles. The molecule has 2 rings (SSSR count). The molecule has 1 fully saturated rings. The zero-order valence-electron chi connectivity index (χ0n) is 11.6. The molecule has 1 saturated heterocycles. The minimum atomic E-state index is -0.387. The Morgan fingerprint density at radius 1 is 1.32 bits per heavy atom. The van der Waals surface area contributed by atoms with Crippen LogP contribution in [0.15, 0.2) is 12.3 Å². The van der Waals surface area contributed by atoms with Crippen molar-refractivity contribution in [2.24, 2.45) is 5.92 Å². The van der Waals surface area contributed by atoms with E-state index in [4.69, 9.17) is 5.11 Å². The highest BCUT2D eigenvalue weighted by Crippen LogP contribution is 2.21. The van der Waals surface area contributed by atoms with Crippen molar-refractivity contribution in [3.05, 3.63) is 23.6 Å². The van der Waals surface area contributed by atoms with E-state index in [9.17, 15) is 4.39 Å². The molecule has 1 aliphatic heterocycles. The van der Waals surface area contributed by atoms with Gasteiger partial charge in [0.25, 0.3) is 0 Å². The highest BCUT2D eigenvalue weighted by atomic mass is 19.1. The van der Waals surface area contributed by atoms with Crippen LogP contribution in [0.25, 0.3) is 0 Å². The lowest BCUT2D eigenvalue weighted by Gasteiger charge is -2.36. The first-order chi connectivity index (χ1) is 9.11. The van der Waals surface area contributed by atoms with Gasteiger partial charge in [-0.15, -0.1) is 0 Å². The number of hydrogen-bond acceptors (Lipinski definition) is 4. The first kappa shape index (κ1) is 14.2. The lowest BCUT2D eigenvalue weighted by Crippen LogP contribution is -2.48. The number of nitrogens with zero attached hydrogens (tertiary/aromatic N) is 3. The zero-order chi connectivity index (χ0) is 13.8. The third kappa shape index (κ3) is 3.42. The Hall–Kier alpha value is -1.20. The predicted molar refractivity (Wildman–Crippen MR) is 73.6 cm³/mol. The van der Waals surface area contributed by atoms with Gasteiger partial charge >= 0.3 is 0 Å². The summed E-state index contributed by atoms with van der Waals surface area (Å²) in [6.07, 6.45) is 1.56. The molecule has 0 bridgehead atoms. The van der Waals surface area contributed by atoms with Crippen LogP contribution in [-0.4, -0.2) is 47.7 Å². The molecule has 0 spiro atoms. The van der Waals surface area contributed by atoms with E-state index in [2.05, 4.69) is 23.7 Å². The van der Waals surface area contributed by atoms with Crippen LogP contribution in [0, 0.1) is 11.7 Å². The number of piperazine rings is 1. The summed E-state index contributed by atoms with van der Waals surface area (Å²) in [5, 5.41) is 9.09. The second-order valence-electron chi connectivity index (χ2n) is 5.45. The third-order valence-electron chi connectivity index (χ3n) is 3.42. The van der Waals surface area contributed by atoms with Gasteiger partial charge in [-0.2, -0.15) is 0 Å². The minimum absolute atomic E-state index is 0.283. The molecular formula is C14H22FN3O. The van der Waals surface area contributed by atoms with E-state index in [1.165, 1.54) is 6.07 Å². The molecule has 0 atom stereocenters.